The van der Waals surface area contributed by atoms with E-state index in [1.54, 1.807) is 24.5 Å². The number of amides is 2. The molecule has 1 fully saturated rings. The number of aromatic nitrogens is 2. The summed E-state index contributed by atoms with van der Waals surface area (Å²) in [6.45, 7) is 6.79. The van der Waals surface area contributed by atoms with Gasteiger partial charge in [-0.15, -0.1) is 0 Å². The molecular formula is C26H32ClN5O5. The van der Waals surface area contributed by atoms with E-state index in [1.807, 2.05) is 13.0 Å². The summed E-state index contributed by atoms with van der Waals surface area (Å²) in [4.78, 5) is 32.3. The van der Waals surface area contributed by atoms with Gasteiger partial charge in [-0.3, -0.25) is 9.59 Å². The normalized spacial score (nSPS) is 13.0. The predicted molar refractivity (Wildman–Crippen MR) is 141 cm³/mol. The second-order valence-corrected chi connectivity index (χ2v) is 8.59. The Morgan fingerprint density at radius 3 is 2.65 bits per heavy atom. The van der Waals surface area contributed by atoms with Crippen LogP contribution in [0.4, 0.5) is 5.95 Å². The van der Waals surface area contributed by atoms with E-state index in [1.165, 1.54) is 13.2 Å². The Bertz CT molecular complexity index is 1120. The van der Waals surface area contributed by atoms with Gasteiger partial charge in [0.15, 0.2) is 5.75 Å². The molecule has 2 amide bonds. The number of methoxy groups -OCH3 is 1. The maximum absolute atomic E-state index is 12.5. The topological polar surface area (TPSA) is 124 Å². The monoisotopic (exact) mass is 529 g/mol. The summed E-state index contributed by atoms with van der Waals surface area (Å²) in [5.74, 6) is 0.875. The largest absolute Gasteiger partial charge is 0.495 e. The lowest BCUT2D eigenvalue weighted by Gasteiger charge is -2.13. The van der Waals surface area contributed by atoms with Crippen molar-refractivity contribution in [3.63, 3.8) is 0 Å². The molecule has 0 unspecified atom stereocenters. The summed E-state index contributed by atoms with van der Waals surface area (Å²) in [6, 6.07) is 3.56. The van der Waals surface area contributed by atoms with E-state index in [9.17, 15) is 9.59 Å². The molecule has 37 heavy (non-hydrogen) atoms. The van der Waals surface area contributed by atoms with E-state index in [-0.39, 0.29) is 24.5 Å². The maximum Gasteiger partial charge on any atom is 0.251 e. The quantitative estimate of drug-likeness (QED) is 0.236. The molecule has 0 bridgehead atoms. The Morgan fingerprint density at radius 1 is 1.24 bits per heavy atom. The smallest absolute Gasteiger partial charge is 0.251 e. The van der Waals surface area contributed by atoms with E-state index in [0.717, 1.165) is 18.5 Å². The molecule has 0 atom stereocenters. The van der Waals surface area contributed by atoms with Crippen LogP contribution in [0.5, 0.6) is 11.5 Å². The molecule has 1 aliphatic rings. The lowest BCUT2D eigenvalue weighted by atomic mass is 10.1. The van der Waals surface area contributed by atoms with Gasteiger partial charge < -0.3 is 30.2 Å². The van der Waals surface area contributed by atoms with Crippen LogP contribution in [0.25, 0.3) is 0 Å². The van der Waals surface area contributed by atoms with Crippen molar-refractivity contribution in [3.05, 3.63) is 65.1 Å². The summed E-state index contributed by atoms with van der Waals surface area (Å²) in [6.07, 6.45) is 8.82. The SMILES string of the molecule is C=CC(=O)N/C(=C/COCCNc1ncc(OCc2cc(C(=O)NC3CC3)cc(OC)c2Cl)cn1)CC. The lowest BCUT2D eigenvalue weighted by Crippen LogP contribution is -2.25. The third-order valence-electron chi connectivity index (χ3n) is 5.36. The van der Waals surface area contributed by atoms with Crippen molar-refractivity contribution < 1.29 is 23.8 Å². The van der Waals surface area contributed by atoms with Crippen molar-refractivity contribution in [1.82, 2.24) is 20.6 Å². The number of halogens is 1. The summed E-state index contributed by atoms with van der Waals surface area (Å²) in [5, 5.41) is 9.13. The van der Waals surface area contributed by atoms with Crippen LogP contribution < -0.4 is 25.4 Å². The zero-order valence-corrected chi connectivity index (χ0v) is 21.8. The second kappa shape index (κ2) is 14.2. The van der Waals surface area contributed by atoms with E-state index < -0.39 is 0 Å². The van der Waals surface area contributed by atoms with E-state index in [2.05, 4.69) is 32.5 Å². The maximum atomic E-state index is 12.5. The number of anilines is 1. The third kappa shape index (κ3) is 9.07. The van der Waals surface area contributed by atoms with Crippen LogP contribution in [0.15, 0.2) is 49.0 Å². The first-order valence-electron chi connectivity index (χ1n) is 12.0. The zero-order chi connectivity index (χ0) is 26.6. The van der Waals surface area contributed by atoms with Gasteiger partial charge >= 0.3 is 0 Å². The Kier molecular flexibility index (Phi) is 10.7. The highest BCUT2D eigenvalue weighted by Crippen LogP contribution is 2.31. The number of hydrogen-bond donors (Lipinski definition) is 3. The number of nitrogens with one attached hydrogen (secondary N) is 3. The highest BCUT2D eigenvalue weighted by molar-refractivity contribution is 6.33. The molecule has 1 saturated carbocycles. The van der Waals surface area contributed by atoms with Crippen LogP contribution in [-0.2, 0) is 16.1 Å². The van der Waals surface area contributed by atoms with Crippen molar-refractivity contribution in [1.29, 1.82) is 0 Å². The highest BCUT2D eigenvalue weighted by Gasteiger charge is 2.24. The van der Waals surface area contributed by atoms with Crippen LogP contribution >= 0.6 is 11.6 Å². The molecule has 2 aromatic rings. The zero-order valence-electron chi connectivity index (χ0n) is 21.0. The molecule has 0 saturated heterocycles. The summed E-state index contributed by atoms with van der Waals surface area (Å²) in [7, 11) is 1.50. The van der Waals surface area contributed by atoms with Crippen LogP contribution in [0, 0.1) is 0 Å². The highest BCUT2D eigenvalue weighted by atomic mass is 35.5. The number of carbonyl (C=O) groups is 2. The minimum atomic E-state index is -0.244. The third-order valence-corrected chi connectivity index (χ3v) is 5.79. The van der Waals surface area contributed by atoms with Gasteiger partial charge in [0.2, 0.25) is 11.9 Å². The average Bonchev–Trinajstić information content (AvgIpc) is 3.73. The van der Waals surface area contributed by atoms with Gasteiger partial charge in [0.05, 0.1) is 37.7 Å². The molecule has 0 spiro atoms. The van der Waals surface area contributed by atoms with Gasteiger partial charge in [-0.1, -0.05) is 25.1 Å². The summed E-state index contributed by atoms with van der Waals surface area (Å²) < 4.78 is 16.7. The number of benzene rings is 1. The van der Waals surface area contributed by atoms with Gasteiger partial charge in [0.25, 0.3) is 5.91 Å². The molecule has 10 nitrogen and oxygen atoms in total. The molecule has 0 radical (unpaired) electrons. The van der Waals surface area contributed by atoms with E-state index in [4.69, 9.17) is 25.8 Å². The van der Waals surface area contributed by atoms with Gasteiger partial charge in [-0.25, -0.2) is 9.97 Å². The second-order valence-electron chi connectivity index (χ2n) is 8.21. The molecular weight excluding hydrogens is 498 g/mol. The molecule has 198 valence electrons. The Hall–Kier alpha value is -3.63. The predicted octanol–water partition coefficient (Wildman–Crippen LogP) is 3.63. The van der Waals surface area contributed by atoms with Crippen molar-refractivity contribution >= 4 is 29.4 Å². The Balaban J connectivity index is 1.45. The average molecular weight is 530 g/mol. The fourth-order valence-corrected chi connectivity index (χ4v) is 3.39. The van der Waals surface area contributed by atoms with E-state index in [0.29, 0.717) is 59.8 Å². The molecule has 3 N–H and O–H groups in total. The van der Waals surface area contributed by atoms with E-state index >= 15 is 0 Å². The molecule has 0 aliphatic heterocycles. The molecule has 1 aliphatic carbocycles. The first kappa shape index (κ1) is 27.9. The molecule has 11 heteroatoms. The van der Waals surface area contributed by atoms with Gasteiger partial charge in [-0.2, -0.15) is 0 Å². The van der Waals surface area contributed by atoms with Crippen LogP contribution in [0.2, 0.25) is 5.02 Å². The Morgan fingerprint density at radius 2 is 2.00 bits per heavy atom. The number of ether oxygens (including phenoxy) is 3. The van der Waals surface area contributed by atoms with Crippen molar-refractivity contribution in [2.24, 2.45) is 0 Å². The molecule has 1 heterocycles. The Labute approximate surface area is 221 Å². The number of nitrogens with zero attached hydrogens (tertiary/aromatic N) is 2. The van der Waals surface area contributed by atoms with Gasteiger partial charge in [0.1, 0.15) is 12.4 Å². The molecule has 1 aromatic carbocycles. The molecule has 1 aromatic heterocycles. The number of allylic oxidation sites excluding steroid dienone is 1. The first-order chi connectivity index (χ1) is 17.9. The minimum Gasteiger partial charge on any atom is -0.495 e. The van der Waals surface area contributed by atoms with Crippen LogP contribution in [0.1, 0.15) is 42.1 Å². The number of carbonyl (C=O) groups excluding carboxylic acids is 2. The minimum absolute atomic E-state index is 0.115. The van der Waals surface area contributed by atoms with Crippen molar-refractivity contribution in [3.8, 4) is 11.5 Å². The fraction of sp³-hybridized carbons (Fsp3) is 0.385. The van der Waals surface area contributed by atoms with Crippen molar-refractivity contribution in [2.45, 2.75) is 38.8 Å². The van der Waals surface area contributed by atoms with Crippen molar-refractivity contribution in [2.75, 3.05) is 32.2 Å². The summed E-state index contributed by atoms with van der Waals surface area (Å²) >= 11 is 6.43. The fourth-order valence-electron chi connectivity index (χ4n) is 3.15. The number of hydrogen-bond acceptors (Lipinski definition) is 8. The van der Waals surface area contributed by atoms with Crippen LogP contribution in [-0.4, -0.2) is 54.7 Å². The van der Waals surface area contributed by atoms with Gasteiger partial charge in [0, 0.05) is 29.4 Å². The number of rotatable bonds is 15. The van der Waals surface area contributed by atoms with Crippen LogP contribution in [0.3, 0.4) is 0 Å². The summed E-state index contributed by atoms with van der Waals surface area (Å²) in [5.41, 5.74) is 1.86. The standard InChI is InChI=1S/C26H32ClN5O5/c1-4-19(31-23(33)5-2)8-10-36-11-9-28-26-29-14-21(15-30-26)37-16-18-12-17(13-22(35-3)24(18)27)25(34)32-20-6-7-20/h5,8,12-15,20H,2,4,6-7,9-11,16H2,1,3H3,(H,31,33)(H,32,34)(H,28,29,30)/b19-8+. The van der Waals surface area contributed by atoms with Gasteiger partial charge in [-0.05, 0) is 43.5 Å². The molecule has 3 rings (SSSR count). The first-order valence-corrected chi connectivity index (χ1v) is 12.4. The lowest BCUT2D eigenvalue weighted by molar-refractivity contribution is -0.115.